The van der Waals surface area contributed by atoms with Crippen LogP contribution in [0.2, 0.25) is 0 Å². The summed E-state index contributed by atoms with van der Waals surface area (Å²) in [4.78, 5) is 98.4. The zero-order valence-electron chi connectivity index (χ0n) is 28.2. The molecule has 0 aliphatic heterocycles. The van der Waals surface area contributed by atoms with Gasteiger partial charge in [-0.1, -0.05) is 40.5 Å². The highest BCUT2D eigenvalue weighted by molar-refractivity contribution is 6.25. The normalized spacial score (nSPS) is 18.8. The molecule has 9 unspecified atom stereocenters. The first-order chi connectivity index (χ1) is 21.6. The number of hydrogen-bond acceptors (Lipinski definition) is 15. The molecule has 0 spiro atoms. The molecule has 270 valence electrons. The number of imide groups is 1. The molecule has 0 radical (unpaired) electrons. The number of hydrogen-bond donors (Lipinski definition) is 9. The number of amides is 2. The third-order valence-corrected chi connectivity index (χ3v) is 8.41. The third-order valence-electron chi connectivity index (χ3n) is 8.41. The molecular weight excluding hydrogens is 618 g/mol. The summed E-state index contributed by atoms with van der Waals surface area (Å²) < 4.78 is 0. The number of ketones is 4. The van der Waals surface area contributed by atoms with E-state index in [1.165, 1.54) is 20.8 Å². The van der Waals surface area contributed by atoms with Gasteiger partial charge in [0.25, 0.3) is 0 Å². The molecule has 0 aliphatic rings. The molecule has 0 aromatic rings. The van der Waals surface area contributed by atoms with Crippen molar-refractivity contribution in [3.8, 4) is 0 Å². The number of carbonyl (C=O) groups is 7. The number of aliphatic hydroxyl groups excluding tert-OH is 1. The molecule has 17 nitrogen and oxygen atoms in total. The van der Waals surface area contributed by atoms with Crippen LogP contribution in [-0.4, -0.2) is 116 Å². The van der Waals surface area contributed by atoms with Gasteiger partial charge < -0.3 is 49.7 Å². The van der Waals surface area contributed by atoms with E-state index in [0.29, 0.717) is 6.42 Å². The summed E-state index contributed by atoms with van der Waals surface area (Å²) in [6.45, 7) is 6.91. The molecule has 0 rings (SSSR count). The lowest BCUT2D eigenvalue weighted by Crippen LogP contribution is -2.85. The Balaban J connectivity index is 8.93. The van der Waals surface area contributed by atoms with Gasteiger partial charge in [0.05, 0.1) is 36.8 Å². The van der Waals surface area contributed by atoms with E-state index in [-0.39, 0.29) is 30.7 Å². The van der Waals surface area contributed by atoms with Gasteiger partial charge in [-0.3, -0.25) is 33.7 Å². The molecular formula is C30H55N7O10. The Kier molecular flexibility index (Phi) is 17.3. The first-order valence-corrected chi connectivity index (χ1v) is 15.7. The summed E-state index contributed by atoms with van der Waals surface area (Å²) in [5, 5.41) is 34.1. The highest BCUT2D eigenvalue weighted by atomic mass is 16.4. The summed E-state index contributed by atoms with van der Waals surface area (Å²) in [5.41, 5.74) is 27.2. The van der Waals surface area contributed by atoms with Gasteiger partial charge in [-0.05, 0) is 45.1 Å². The molecule has 15 N–H and O–H groups in total. The molecule has 47 heavy (non-hydrogen) atoms. The van der Waals surface area contributed by atoms with Crippen LogP contribution in [0.25, 0.3) is 0 Å². The SMILES string of the molecule is CCC(C)C(N)C(=O)C(C(=O)O)(N(C(=O)CN)C(=O)C(N)CCCCN)C(O)(C(=O)C(N)C(C)C)C(C(=O)CC(C)O)C(=O)C(C)N. The highest BCUT2D eigenvalue weighted by Crippen LogP contribution is 2.43. The second-order valence-corrected chi connectivity index (χ2v) is 12.5. The smallest absolute Gasteiger partial charge is 0.341 e. The van der Waals surface area contributed by atoms with E-state index in [1.54, 1.807) is 6.92 Å². The molecule has 9 atom stereocenters. The molecule has 0 saturated heterocycles. The number of nitrogens with zero attached hydrogens (tertiary/aromatic N) is 1. The van der Waals surface area contributed by atoms with Gasteiger partial charge in [0.2, 0.25) is 17.4 Å². The van der Waals surface area contributed by atoms with Crippen LogP contribution in [-0.2, 0) is 33.6 Å². The molecule has 0 aromatic carbocycles. The number of nitrogens with two attached hydrogens (primary N) is 6. The molecule has 2 amide bonds. The Hall–Kier alpha value is -3.03. The monoisotopic (exact) mass is 673 g/mol. The van der Waals surface area contributed by atoms with Gasteiger partial charge >= 0.3 is 5.97 Å². The van der Waals surface area contributed by atoms with Crippen molar-refractivity contribution in [3.63, 3.8) is 0 Å². The number of carboxylic acid groups (broad SMARTS) is 1. The second-order valence-electron chi connectivity index (χ2n) is 12.5. The Bertz CT molecular complexity index is 1160. The van der Waals surface area contributed by atoms with Crippen LogP contribution >= 0.6 is 0 Å². The van der Waals surface area contributed by atoms with Gasteiger partial charge in [0.15, 0.2) is 23.0 Å². The van der Waals surface area contributed by atoms with Crippen molar-refractivity contribution in [1.29, 1.82) is 0 Å². The van der Waals surface area contributed by atoms with Gasteiger partial charge in [0, 0.05) is 6.42 Å². The fraction of sp³-hybridized carbons (Fsp3) is 0.767. The van der Waals surface area contributed by atoms with E-state index in [1.807, 2.05) is 0 Å². The van der Waals surface area contributed by atoms with Crippen molar-refractivity contribution in [2.75, 3.05) is 13.1 Å². The second kappa shape index (κ2) is 18.5. The fourth-order valence-corrected chi connectivity index (χ4v) is 5.31. The van der Waals surface area contributed by atoms with E-state index in [0.717, 1.165) is 13.8 Å². The van der Waals surface area contributed by atoms with Gasteiger partial charge in [0.1, 0.15) is 11.7 Å². The number of aliphatic hydroxyl groups is 2. The predicted molar refractivity (Wildman–Crippen MR) is 171 cm³/mol. The zero-order chi connectivity index (χ0) is 37.2. The largest absolute Gasteiger partial charge is 0.479 e. The van der Waals surface area contributed by atoms with Crippen molar-refractivity contribution in [3.05, 3.63) is 0 Å². The first-order valence-electron chi connectivity index (χ1n) is 15.7. The molecule has 0 bridgehead atoms. The average molecular weight is 674 g/mol. The lowest BCUT2D eigenvalue weighted by atomic mass is 9.59. The van der Waals surface area contributed by atoms with Crippen LogP contribution in [0.1, 0.15) is 73.6 Å². The molecule has 0 saturated carbocycles. The van der Waals surface area contributed by atoms with Gasteiger partial charge in [-0.25, -0.2) is 4.79 Å². The number of unbranched alkanes of at least 4 members (excludes halogenated alkanes) is 1. The summed E-state index contributed by atoms with van der Waals surface area (Å²) in [7, 11) is 0. The topological polar surface area (TPSA) is 340 Å². The number of carboxylic acids is 1. The molecule has 0 fully saturated rings. The zero-order valence-corrected chi connectivity index (χ0v) is 28.2. The van der Waals surface area contributed by atoms with Crippen molar-refractivity contribution in [1.82, 2.24) is 4.90 Å². The Morgan fingerprint density at radius 1 is 0.830 bits per heavy atom. The van der Waals surface area contributed by atoms with Crippen LogP contribution in [0.4, 0.5) is 0 Å². The maximum atomic E-state index is 14.7. The average Bonchev–Trinajstić information content (AvgIpc) is 2.99. The number of carbonyl (C=O) groups excluding carboxylic acids is 6. The first kappa shape index (κ1) is 44.0. The van der Waals surface area contributed by atoms with Crippen LogP contribution in [0, 0.1) is 17.8 Å². The Morgan fingerprint density at radius 3 is 1.74 bits per heavy atom. The fourth-order valence-electron chi connectivity index (χ4n) is 5.31. The summed E-state index contributed by atoms with van der Waals surface area (Å²) in [6.07, 6.45) is -2.06. The van der Waals surface area contributed by atoms with Crippen LogP contribution in [0.5, 0.6) is 0 Å². The van der Waals surface area contributed by atoms with Crippen molar-refractivity contribution >= 4 is 40.9 Å². The Labute approximate surface area is 275 Å². The lowest BCUT2D eigenvalue weighted by molar-refractivity contribution is -0.202. The third kappa shape index (κ3) is 9.11. The minimum atomic E-state index is -4.15. The number of Topliss-reactive ketones (excluding diaryl/α,β-unsaturated/α-hetero) is 4. The predicted octanol–water partition coefficient (Wildman–Crippen LogP) is -3.32. The van der Waals surface area contributed by atoms with Crippen molar-refractivity contribution in [2.45, 2.75) is 115 Å². The summed E-state index contributed by atoms with van der Waals surface area (Å²) >= 11 is 0. The van der Waals surface area contributed by atoms with Crippen LogP contribution in [0.15, 0.2) is 0 Å². The van der Waals surface area contributed by atoms with E-state index >= 15 is 0 Å². The summed E-state index contributed by atoms with van der Waals surface area (Å²) in [5.74, 6) is -16.9. The van der Waals surface area contributed by atoms with E-state index in [4.69, 9.17) is 34.4 Å². The molecule has 0 aromatic heterocycles. The van der Waals surface area contributed by atoms with Crippen molar-refractivity contribution in [2.24, 2.45) is 52.2 Å². The van der Waals surface area contributed by atoms with Gasteiger partial charge in [-0.2, -0.15) is 0 Å². The number of rotatable bonds is 22. The van der Waals surface area contributed by atoms with E-state index < -0.39 is 113 Å². The molecule has 0 aliphatic carbocycles. The lowest BCUT2D eigenvalue weighted by Gasteiger charge is -2.51. The maximum Gasteiger partial charge on any atom is 0.341 e. The quantitative estimate of drug-likeness (QED) is 0.0401. The number of aliphatic carboxylic acids is 1. The summed E-state index contributed by atoms with van der Waals surface area (Å²) in [6, 6.07) is -7.28. The standard InChI is InChI=1S/C30H55N7O10/c1-7-15(4)23(36)25(42)29(28(45)46,37(20(40)13-32)27(44)18(34)10-8-9-11-31)30(47,26(43)22(35)14(2)3)21(24(41)17(6)33)19(39)12-16(5)38/h14-18,21-23,38,47H,7-13,31-36H2,1-6H3,(H,45,46). The highest BCUT2D eigenvalue weighted by Gasteiger charge is 2.76. The van der Waals surface area contributed by atoms with E-state index in [2.05, 4.69) is 0 Å². The minimum absolute atomic E-state index is 0.112. The van der Waals surface area contributed by atoms with Crippen LogP contribution < -0.4 is 34.4 Å². The maximum absolute atomic E-state index is 14.7. The Morgan fingerprint density at radius 2 is 1.36 bits per heavy atom. The minimum Gasteiger partial charge on any atom is -0.479 e. The van der Waals surface area contributed by atoms with Crippen LogP contribution in [0.3, 0.4) is 0 Å². The van der Waals surface area contributed by atoms with Crippen molar-refractivity contribution < 1.29 is 48.9 Å². The molecule has 17 heteroatoms. The molecule has 0 heterocycles. The van der Waals surface area contributed by atoms with Gasteiger partial charge in [-0.15, -0.1) is 0 Å². The van der Waals surface area contributed by atoms with E-state index in [9.17, 15) is 48.9 Å².